The van der Waals surface area contributed by atoms with Crippen molar-refractivity contribution in [3.05, 3.63) is 0 Å². The van der Waals surface area contributed by atoms with Crippen LogP contribution >= 0.6 is 0 Å². The number of nitrogens with two attached hydrogens (primary N) is 1. The lowest BCUT2D eigenvalue weighted by Crippen LogP contribution is -2.27. The summed E-state index contributed by atoms with van der Waals surface area (Å²) in [5.41, 5.74) is 6.38. The number of hydrogen-bond donors (Lipinski definition) is 1. The van der Waals surface area contributed by atoms with Gasteiger partial charge in [0.05, 0.1) is 0 Å². The molecular formula is C10H23N. The summed E-state index contributed by atoms with van der Waals surface area (Å²) < 4.78 is 0. The zero-order chi connectivity index (χ0) is 8.91. The predicted molar refractivity (Wildman–Crippen MR) is 51.6 cm³/mol. The Hall–Kier alpha value is -0.0400. The Morgan fingerprint density at radius 3 is 2.18 bits per heavy atom. The summed E-state index contributed by atoms with van der Waals surface area (Å²) in [6.07, 6.45) is 4.77. The number of hydrogen-bond acceptors (Lipinski definition) is 1. The molecule has 1 unspecified atom stereocenters. The zero-order valence-electron chi connectivity index (χ0n) is 8.48. The first kappa shape index (κ1) is 11.0. The standard InChI is InChI=1S/C10H23N/c1-5-7-9(11)8-10(3,4)6-2/h9H,5-8,11H2,1-4H3. The molecule has 1 nitrogen and oxygen atoms in total. The third kappa shape index (κ3) is 5.25. The molecule has 2 N–H and O–H groups in total. The van der Waals surface area contributed by atoms with Gasteiger partial charge in [0.25, 0.3) is 0 Å². The Kier molecular flexibility index (Phi) is 4.74. The van der Waals surface area contributed by atoms with E-state index in [2.05, 4.69) is 27.7 Å². The quantitative estimate of drug-likeness (QED) is 0.652. The molecule has 0 amide bonds. The van der Waals surface area contributed by atoms with Gasteiger partial charge < -0.3 is 5.73 Å². The second-order valence-corrected chi connectivity index (χ2v) is 4.27. The van der Waals surface area contributed by atoms with Gasteiger partial charge in [0.15, 0.2) is 0 Å². The van der Waals surface area contributed by atoms with Gasteiger partial charge in [0, 0.05) is 6.04 Å². The Bertz CT molecular complexity index is 97.0. The van der Waals surface area contributed by atoms with E-state index in [0.717, 1.165) is 6.42 Å². The molecule has 0 spiro atoms. The van der Waals surface area contributed by atoms with Crippen molar-refractivity contribution >= 4 is 0 Å². The van der Waals surface area contributed by atoms with Crippen LogP contribution in [0.4, 0.5) is 0 Å². The Morgan fingerprint density at radius 1 is 1.27 bits per heavy atom. The van der Waals surface area contributed by atoms with Gasteiger partial charge in [-0.2, -0.15) is 0 Å². The summed E-state index contributed by atoms with van der Waals surface area (Å²) in [7, 11) is 0. The molecular weight excluding hydrogens is 134 g/mol. The molecule has 0 aromatic carbocycles. The topological polar surface area (TPSA) is 26.0 Å². The maximum absolute atomic E-state index is 5.95. The van der Waals surface area contributed by atoms with Crippen molar-refractivity contribution in [3.8, 4) is 0 Å². The lowest BCUT2D eigenvalue weighted by molar-refractivity contribution is 0.286. The van der Waals surface area contributed by atoms with Crippen molar-refractivity contribution in [1.82, 2.24) is 0 Å². The molecule has 0 rings (SSSR count). The van der Waals surface area contributed by atoms with Crippen LogP contribution in [0.3, 0.4) is 0 Å². The van der Waals surface area contributed by atoms with Crippen LogP contribution in [0.1, 0.15) is 53.4 Å². The Labute approximate surface area is 71.4 Å². The maximum Gasteiger partial charge on any atom is 0.00438 e. The van der Waals surface area contributed by atoms with Crippen molar-refractivity contribution in [1.29, 1.82) is 0 Å². The molecule has 0 aliphatic heterocycles. The summed E-state index contributed by atoms with van der Waals surface area (Å²) in [5, 5.41) is 0. The molecule has 1 heteroatoms. The second-order valence-electron chi connectivity index (χ2n) is 4.27. The van der Waals surface area contributed by atoms with Crippen molar-refractivity contribution in [3.63, 3.8) is 0 Å². The van der Waals surface area contributed by atoms with Gasteiger partial charge >= 0.3 is 0 Å². The van der Waals surface area contributed by atoms with E-state index in [1.165, 1.54) is 19.3 Å². The van der Waals surface area contributed by atoms with Crippen LogP contribution in [0.15, 0.2) is 0 Å². The van der Waals surface area contributed by atoms with E-state index in [0.29, 0.717) is 11.5 Å². The SMILES string of the molecule is CCCC(N)CC(C)(C)CC. The maximum atomic E-state index is 5.95. The summed E-state index contributed by atoms with van der Waals surface area (Å²) in [4.78, 5) is 0. The van der Waals surface area contributed by atoms with Crippen LogP contribution in [0.25, 0.3) is 0 Å². The fourth-order valence-electron chi connectivity index (χ4n) is 1.33. The van der Waals surface area contributed by atoms with Crippen LogP contribution in [0, 0.1) is 5.41 Å². The van der Waals surface area contributed by atoms with Crippen LogP contribution < -0.4 is 5.73 Å². The van der Waals surface area contributed by atoms with Gasteiger partial charge in [0.2, 0.25) is 0 Å². The minimum absolute atomic E-state index is 0.412. The van der Waals surface area contributed by atoms with E-state index in [4.69, 9.17) is 5.73 Å². The van der Waals surface area contributed by atoms with Crippen molar-refractivity contribution in [2.75, 3.05) is 0 Å². The molecule has 1 atom stereocenters. The van der Waals surface area contributed by atoms with E-state index >= 15 is 0 Å². The zero-order valence-corrected chi connectivity index (χ0v) is 8.48. The molecule has 11 heavy (non-hydrogen) atoms. The fourth-order valence-corrected chi connectivity index (χ4v) is 1.33. The third-order valence-electron chi connectivity index (χ3n) is 2.43. The smallest absolute Gasteiger partial charge is 0.00438 e. The number of rotatable bonds is 5. The first-order chi connectivity index (χ1) is 5.02. The Balaban J connectivity index is 3.64. The highest BCUT2D eigenvalue weighted by Gasteiger charge is 2.18. The van der Waals surface area contributed by atoms with Gasteiger partial charge in [-0.3, -0.25) is 0 Å². The molecule has 0 radical (unpaired) electrons. The average molecular weight is 157 g/mol. The van der Waals surface area contributed by atoms with E-state index in [9.17, 15) is 0 Å². The summed E-state index contributed by atoms with van der Waals surface area (Å²) in [5.74, 6) is 0. The van der Waals surface area contributed by atoms with E-state index in [1.54, 1.807) is 0 Å². The molecule has 68 valence electrons. The lowest BCUT2D eigenvalue weighted by atomic mass is 9.82. The Morgan fingerprint density at radius 2 is 1.82 bits per heavy atom. The first-order valence-corrected chi connectivity index (χ1v) is 4.77. The third-order valence-corrected chi connectivity index (χ3v) is 2.43. The van der Waals surface area contributed by atoms with Crippen LogP contribution in [0.5, 0.6) is 0 Å². The normalized spacial score (nSPS) is 15.0. The second kappa shape index (κ2) is 4.76. The summed E-state index contributed by atoms with van der Waals surface area (Å²) in [6.45, 7) is 9.02. The largest absolute Gasteiger partial charge is 0.328 e. The summed E-state index contributed by atoms with van der Waals surface area (Å²) >= 11 is 0. The molecule has 0 aromatic heterocycles. The molecule has 0 bridgehead atoms. The monoisotopic (exact) mass is 157 g/mol. The fraction of sp³-hybridized carbons (Fsp3) is 1.00. The molecule has 0 heterocycles. The highest BCUT2D eigenvalue weighted by Crippen LogP contribution is 2.26. The minimum atomic E-state index is 0.412. The van der Waals surface area contributed by atoms with E-state index in [1.807, 2.05) is 0 Å². The van der Waals surface area contributed by atoms with Gasteiger partial charge in [-0.05, 0) is 18.3 Å². The van der Waals surface area contributed by atoms with E-state index < -0.39 is 0 Å². The van der Waals surface area contributed by atoms with Crippen molar-refractivity contribution in [2.24, 2.45) is 11.1 Å². The van der Waals surface area contributed by atoms with E-state index in [-0.39, 0.29) is 0 Å². The predicted octanol–water partition coefficient (Wildman–Crippen LogP) is 2.94. The lowest BCUT2D eigenvalue weighted by Gasteiger charge is -2.26. The molecule has 0 aliphatic carbocycles. The average Bonchev–Trinajstić information content (AvgIpc) is 1.87. The highest BCUT2D eigenvalue weighted by molar-refractivity contribution is 4.73. The van der Waals surface area contributed by atoms with Gasteiger partial charge in [-0.1, -0.05) is 40.5 Å². The van der Waals surface area contributed by atoms with Crippen LogP contribution in [-0.4, -0.2) is 6.04 Å². The van der Waals surface area contributed by atoms with Gasteiger partial charge in [-0.25, -0.2) is 0 Å². The molecule has 0 aromatic rings. The molecule has 0 fully saturated rings. The van der Waals surface area contributed by atoms with Crippen molar-refractivity contribution < 1.29 is 0 Å². The highest BCUT2D eigenvalue weighted by atomic mass is 14.6. The van der Waals surface area contributed by atoms with Crippen LogP contribution in [0.2, 0.25) is 0 Å². The molecule has 0 aliphatic rings. The minimum Gasteiger partial charge on any atom is -0.328 e. The molecule has 0 saturated carbocycles. The van der Waals surface area contributed by atoms with Gasteiger partial charge in [0.1, 0.15) is 0 Å². The van der Waals surface area contributed by atoms with Crippen molar-refractivity contribution in [2.45, 2.75) is 59.4 Å². The molecule has 0 saturated heterocycles. The van der Waals surface area contributed by atoms with Crippen LogP contribution in [-0.2, 0) is 0 Å². The first-order valence-electron chi connectivity index (χ1n) is 4.77. The summed E-state index contributed by atoms with van der Waals surface area (Å²) in [6, 6.07) is 0.412. The van der Waals surface area contributed by atoms with Gasteiger partial charge in [-0.15, -0.1) is 0 Å².